The molecular formula is C31H33N5O2. The summed E-state index contributed by atoms with van der Waals surface area (Å²) in [5.74, 6) is -0.0492. The first-order valence-corrected chi connectivity index (χ1v) is 13.7. The molecule has 5 aromatic rings. The van der Waals surface area contributed by atoms with Gasteiger partial charge >= 0.3 is 0 Å². The number of aromatic nitrogens is 2. The van der Waals surface area contributed by atoms with Gasteiger partial charge in [0, 0.05) is 65.9 Å². The van der Waals surface area contributed by atoms with Crippen LogP contribution in [0.4, 0.5) is 0 Å². The van der Waals surface area contributed by atoms with Crippen LogP contribution in [0.3, 0.4) is 0 Å². The van der Waals surface area contributed by atoms with Crippen LogP contribution in [0.1, 0.15) is 36.9 Å². The molecule has 1 aliphatic carbocycles. The monoisotopic (exact) mass is 507 g/mol. The lowest BCUT2D eigenvalue weighted by molar-refractivity contribution is -0.140. The average molecular weight is 508 g/mol. The molecule has 1 amide bonds. The number of ether oxygens (including phenoxy) is 1. The van der Waals surface area contributed by atoms with Crippen LogP contribution in [0.25, 0.3) is 43.6 Å². The molecule has 0 saturated heterocycles. The third-order valence-electron chi connectivity index (χ3n) is 9.90. The molecule has 194 valence electrons. The normalized spacial score (nSPS) is 26.1. The van der Waals surface area contributed by atoms with Gasteiger partial charge < -0.3 is 29.8 Å². The van der Waals surface area contributed by atoms with Crippen molar-refractivity contribution in [1.29, 1.82) is 0 Å². The predicted octanol–water partition coefficient (Wildman–Crippen LogP) is 4.37. The summed E-state index contributed by atoms with van der Waals surface area (Å²) >= 11 is 0. The van der Waals surface area contributed by atoms with Crippen molar-refractivity contribution in [3.63, 3.8) is 0 Å². The van der Waals surface area contributed by atoms with Crippen molar-refractivity contribution in [2.45, 2.75) is 56.6 Å². The highest BCUT2D eigenvalue weighted by molar-refractivity contribution is 6.25. The fourth-order valence-electron chi connectivity index (χ4n) is 8.50. The van der Waals surface area contributed by atoms with E-state index in [0.717, 1.165) is 25.9 Å². The molecule has 1 fully saturated rings. The van der Waals surface area contributed by atoms with Crippen molar-refractivity contribution in [3.8, 4) is 0 Å². The molecular weight excluding hydrogens is 474 g/mol. The molecule has 2 bridgehead atoms. The summed E-state index contributed by atoms with van der Waals surface area (Å²) in [4.78, 5) is 14.8. The standard InChI is InChI=1S/C31H33N5O2/c1-31-13-17(12-24(30(31)38-3)34(2)25(37)14-32)35-22-10-6-4-8-18(22)26-20-15-33-16-21(20)27-19-9-5-7-11-23(19)36(31)29(27)28(26)35/h4-11,17,24,30,33H,12-16,32H2,1-3H3/t17-,24+,30+,31-/m0/s1. The molecule has 4 atom stereocenters. The summed E-state index contributed by atoms with van der Waals surface area (Å²) in [5.41, 5.74) is 13.5. The topological polar surface area (TPSA) is 77.5 Å². The molecule has 0 spiro atoms. The number of methoxy groups -OCH3 is 1. The molecule has 3 aliphatic rings. The highest BCUT2D eigenvalue weighted by atomic mass is 16.5. The Bertz CT molecular complexity index is 1820. The van der Waals surface area contributed by atoms with Crippen molar-refractivity contribution < 1.29 is 9.53 Å². The fraction of sp³-hybridized carbons (Fsp3) is 0.387. The highest BCUT2D eigenvalue weighted by Gasteiger charge is 2.53. The van der Waals surface area contributed by atoms with E-state index in [0.29, 0.717) is 0 Å². The lowest BCUT2D eigenvalue weighted by Gasteiger charge is -2.51. The molecule has 3 aromatic carbocycles. The van der Waals surface area contributed by atoms with E-state index in [-0.39, 0.29) is 36.2 Å². The van der Waals surface area contributed by atoms with Gasteiger partial charge in [-0.1, -0.05) is 36.4 Å². The van der Waals surface area contributed by atoms with E-state index in [2.05, 4.69) is 69.9 Å². The number of hydrogen-bond acceptors (Lipinski definition) is 4. The van der Waals surface area contributed by atoms with Gasteiger partial charge in [0.15, 0.2) is 0 Å². The Morgan fingerprint density at radius 3 is 2.37 bits per heavy atom. The van der Waals surface area contributed by atoms with Crippen molar-refractivity contribution in [2.24, 2.45) is 5.73 Å². The number of rotatable bonds is 3. The molecule has 1 saturated carbocycles. The third-order valence-corrected chi connectivity index (χ3v) is 9.90. The van der Waals surface area contributed by atoms with Crippen molar-refractivity contribution in [3.05, 3.63) is 59.7 Å². The Balaban J connectivity index is 1.61. The van der Waals surface area contributed by atoms with E-state index in [1.165, 1.54) is 54.7 Å². The van der Waals surface area contributed by atoms with Crippen molar-refractivity contribution in [1.82, 2.24) is 19.4 Å². The second kappa shape index (κ2) is 7.59. The van der Waals surface area contributed by atoms with Gasteiger partial charge in [0.2, 0.25) is 5.91 Å². The number of hydrogen-bond donors (Lipinski definition) is 2. The third kappa shape index (κ3) is 2.52. The van der Waals surface area contributed by atoms with Crippen LogP contribution in [0.2, 0.25) is 0 Å². The number of likely N-dealkylation sites (N-methyl/N-ethyl adjacent to an activating group) is 1. The molecule has 7 heteroatoms. The van der Waals surface area contributed by atoms with Crippen molar-refractivity contribution in [2.75, 3.05) is 20.7 Å². The predicted molar refractivity (Wildman–Crippen MR) is 151 cm³/mol. The number of fused-ring (bicyclic) bond motifs is 13. The first-order valence-electron chi connectivity index (χ1n) is 13.7. The average Bonchev–Trinajstić information content (AvgIpc) is 3.62. The summed E-state index contributed by atoms with van der Waals surface area (Å²) in [7, 11) is 3.70. The first-order chi connectivity index (χ1) is 18.5. The van der Waals surface area contributed by atoms with Gasteiger partial charge in [0.25, 0.3) is 0 Å². The number of amides is 1. The Hall–Kier alpha value is -3.39. The molecule has 3 N–H and O–H groups in total. The molecule has 8 rings (SSSR count). The SMILES string of the molecule is CO[C@@H]1[C@H](N(C)C(=O)CN)C[C@H]2C[C@]1(C)n1c3ccccc3c3c4c(c5c6ccccc6n2c5c31)CNC4. The number of benzene rings is 3. The number of nitrogens with one attached hydrogen (secondary N) is 1. The molecule has 7 nitrogen and oxygen atoms in total. The zero-order chi connectivity index (χ0) is 25.9. The maximum atomic E-state index is 13.0. The Morgan fingerprint density at radius 2 is 1.68 bits per heavy atom. The molecule has 2 aromatic heterocycles. The quantitative estimate of drug-likeness (QED) is 0.380. The molecule has 2 aliphatic heterocycles. The smallest absolute Gasteiger partial charge is 0.236 e. The van der Waals surface area contributed by atoms with E-state index in [9.17, 15) is 4.79 Å². The highest BCUT2D eigenvalue weighted by Crippen LogP contribution is 2.55. The van der Waals surface area contributed by atoms with E-state index < -0.39 is 0 Å². The van der Waals surface area contributed by atoms with Gasteiger partial charge in [-0.15, -0.1) is 0 Å². The number of nitrogens with two attached hydrogens (primary N) is 1. The van der Waals surface area contributed by atoms with Crippen molar-refractivity contribution >= 4 is 49.5 Å². The van der Waals surface area contributed by atoms with Crippen LogP contribution in [-0.4, -0.2) is 52.8 Å². The Labute approximate surface area is 221 Å². The van der Waals surface area contributed by atoms with Crippen LogP contribution in [0, 0.1) is 0 Å². The van der Waals surface area contributed by atoms with E-state index >= 15 is 0 Å². The van der Waals surface area contributed by atoms with Gasteiger partial charge in [-0.05, 0) is 43.0 Å². The van der Waals surface area contributed by atoms with Gasteiger partial charge in [-0.25, -0.2) is 0 Å². The van der Waals surface area contributed by atoms with Crippen LogP contribution in [-0.2, 0) is 28.2 Å². The van der Waals surface area contributed by atoms with Gasteiger partial charge in [-0.2, -0.15) is 0 Å². The van der Waals surface area contributed by atoms with Gasteiger partial charge in [0.05, 0.1) is 29.2 Å². The van der Waals surface area contributed by atoms with Crippen LogP contribution in [0.15, 0.2) is 48.5 Å². The Morgan fingerprint density at radius 1 is 1.05 bits per heavy atom. The number of carbonyl (C=O) groups is 1. The number of carbonyl (C=O) groups excluding carboxylic acids is 1. The Kier molecular flexibility index (Phi) is 4.51. The minimum atomic E-state index is -0.375. The minimum absolute atomic E-state index is 0.00183. The second-order valence-corrected chi connectivity index (χ2v) is 11.6. The van der Waals surface area contributed by atoms with Gasteiger partial charge in [-0.3, -0.25) is 4.79 Å². The maximum Gasteiger partial charge on any atom is 0.236 e. The lowest BCUT2D eigenvalue weighted by atomic mass is 9.74. The zero-order valence-corrected chi connectivity index (χ0v) is 22.1. The zero-order valence-electron chi connectivity index (χ0n) is 22.1. The largest absolute Gasteiger partial charge is 0.377 e. The first kappa shape index (κ1) is 22.6. The van der Waals surface area contributed by atoms with E-state index in [1.54, 1.807) is 7.11 Å². The molecule has 38 heavy (non-hydrogen) atoms. The van der Waals surface area contributed by atoms with E-state index in [1.807, 2.05) is 11.9 Å². The van der Waals surface area contributed by atoms with E-state index in [4.69, 9.17) is 10.5 Å². The fourth-order valence-corrected chi connectivity index (χ4v) is 8.50. The molecule has 4 heterocycles. The van der Waals surface area contributed by atoms with Crippen LogP contribution in [0.5, 0.6) is 0 Å². The summed E-state index contributed by atoms with van der Waals surface area (Å²) in [6.07, 6.45) is 1.56. The number of nitrogens with zero attached hydrogens (tertiary/aromatic N) is 3. The summed E-state index contributed by atoms with van der Waals surface area (Å²) in [5, 5.41) is 9.04. The second-order valence-electron chi connectivity index (χ2n) is 11.6. The number of para-hydroxylation sites is 2. The lowest BCUT2D eigenvalue weighted by Crippen LogP contribution is -2.60. The minimum Gasteiger partial charge on any atom is -0.377 e. The van der Waals surface area contributed by atoms with Crippen LogP contribution >= 0.6 is 0 Å². The summed E-state index contributed by atoms with van der Waals surface area (Å²) < 4.78 is 11.6. The van der Waals surface area contributed by atoms with Crippen LogP contribution < -0.4 is 11.1 Å². The molecule has 0 radical (unpaired) electrons. The molecule has 0 unspecified atom stereocenters. The maximum absolute atomic E-state index is 13.0. The summed E-state index contributed by atoms with van der Waals surface area (Å²) in [6.45, 7) is 4.10. The van der Waals surface area contributed by atoms with Gasteiger partial charge in [0.1, 0.15) is 6.10 Å². The summed E-state index contributed by atoms with van der Waals surface area (Å²) in [6, 6.07) is 17.8.